The summed E-state index contributed by atoms with van der Waals surface area (Å²) in [6.45, 7) is 1.76. The minimum Gasteiger partial charge on any atom is -0.340 e. The van der Waals surface area contributed by atoms with Gasteiger partial charge in [-0.25, -0.2) is 4.98 Å². The summed E-state index contributed by atoms with van der Waals surface area (Å²) in [5.41, 5.74) is 1.22. The molecule has 1 N–H and O–H groups in total. The number of H-pyrrole nitrogens is 1. The lowest BCUT2D eigenvalue weighted by Gasteiger charge is -1.96. The third kappa shape index (κ3) is 1.22. The molecule has 0 spiro atoms. The third-order valence-corrected chi connectivity index (χ3v) is 2.18. The first-order chi connectivity index (χ1) is 6.59. The Balaban J connectivity index is 2.85. The van der Waals surface area contributed by atoms with Crippen molar-refractivity contribution in [2.45, 2.75) is 6.92 Å². The van der Waals surface area contributed by atoms with Crippen LogP contribution in [0.15, 0.2) is 12.3 Å². The Bertz CT molecular complexity index is 521. The van der Waals surface area contributed by atoms with Crippen molar-refractivity contribution < 1.29 is 4.92 Å². The molecule has 5 nitrogen and oxygen atoms in total. The van der Waals surface area contributed by atoms with E-state index < -0.39 is 4.92 Å². The van der Waals surface area contributed by atoms with E-state index in [1.165, 1.54) is 6.20 Å². The van der Waals surface area contributed by atoms with Gasteiger partial charge in [0.15, 0.2) is 0 Å². The van der Waals surface area contributed by atoms with Crippen molar-refractivity contribution in [3.63, 3.8) is 0 Å². The molecular weight excluding hydrogens is 206 g/mol. The van der Waals surface area contributed by atoms with Crippen molar-refractivity contribution in [3.8, 4) is 0 Å². The first-order valence-electron chi connectivity index (χ1n) is 3.88. The van der Waals surface area contributed by atoms with Crippen LogP contribution in [0.1, 0.15) is 5.56 Å². The fraction of sp³-hybridized carbons (Fsp3) is 0.125. The zero-order chi connectivity index (χ0) is 10.3. The molecule has 0 unspecified atom stereocenters. The van der Waals surface area contributed by atoms with Crippen molar-refractivity contribution in [2.75, 3.05) is 0 Å². The Morgan fingerprint density at radius 1 is 1.64 bits per heavy atom. The van der Waals surface area contributed by atoms with E-state index in [0.717, 1.165) is 5.56 Å². The molecule has 6 heteroatoms. The number of halogens is 1. The standard InChI is InChI=1S/C8H6ClN3O2/c1-4-2-6(9)11-8-7(4)5(3-10-8)12(13)14/h2-3H,1H3,(H,10,11). The lowest BCUT2D eigenvalue weighted by molar-refractivity contribution is -0.383. The zero-order valence-electron chi connectivity index (χ0n) is 7.24. The minimum absolute atomic E-state index is 0.0293. The molecule has 0 aliphatic heterocycles. The molecule has 0 aromatic carbocycles. The van der Waals surface area contributed by atoms with E-state index in [1.807, 2.05) is 0 Å². The first kappa shape index (κ1) is 8.96. The SMILES string of the molecule is Cc1cc(Cl)nc2[nH]cc([N+](=O)[O-])c12. The zero-order valence-corrected chi connectivity index (χ0v) is 8.00. The van der Waals surface area contributed by atoms with Crippen molar-refractivity contribution in [1.29, 1.82) is 0 Å². The van der Waals surface area contributed by atoms with E-state index in [4.69, 9.17) is 11.6 Å². The Morgan fingerprint density at radius 2 is 2.36 bits per heavy atom. The normalized spacial score (nSPS) is 10.7. The Kier molecular flexibility index (Phi) is 1.89. The molecule has 0 amide bonds. The summed E-state index contributed by atoms with van der Waals surface area (Å²) < 4.78 is 0. The molecule has 2 rings (SSSR count). The number of rotatable bonds is 1. The van der Waals surface area contributed by atoms with E-state index in [2.05, 4.69) is 9.97 Å². The largest absolute Gasteiger partial charge is 0.340 e. The molecule has 0 saturated heterocycles. The highest BCUT2D eigenvalue weighted by Crippen LogP contribution is 2.28. The molecule has 0 bridgehead atoms. The lowest BCUT2D eigenvalue weighted by atomic mass is 10.2. The van der Waals surface area contributed by atoms with Crippen molar-refractivity contribution in [2.24, 2.45) is 0 Å². The number of nitro groups is 1. The predicted octanol–water partition coefficient (Wildman–Crippen LogP) is 2.43. The lowest BCUT2D eigenvalue weighted by Crippen LogP contribution is -1.88. The van der Waals surface area contributed by atoms with Gasteiger partial charge in [-0.3, -0.25) is 10.1 Å². The summed E-state index contributed by atoms with van der Waals surface area (Å²) in [6.07, 6.45) is 1.32. The van der Waals surface area contributed by atoms with Gasteiger partial charge < -0.3 is 4.98 Å². The van der Waals surface area contributed by atoms with Gasteiger partial charge in [0.2, 0.25) is 0 Å². The van der Waals surface area contributed by atoms with Gasteiger partial charge in [-0.05, 0) is 18.6 Å². The molecule has 0 atom stereocenters. The summed E-state index contributed by atoms with van der Waals surface area (Å²) in [7, 11) is 0. The Hall–Kier alpha value is -1.62. The quantitative estimate of drug-likeness (QED) is 0.447. The number of nitrogens with one attached hydrogen (secondary N) is 1. The molecule has 0 fully saturated rings. The van der Waals surface area contributed by atoms with Crippen LogP contribution in [0.25, 0.3) is 11.0 Å². The molecule has 0 saturated carbocycles. The number of hydrogen-bond acceptors (Lipinski definition) is 3. The molecule has 72 valence electrons. The highest BCUT2D eigenvalue weighted by atomic mass is 35.5. The summed E-state index contributed by atoms with van der Waals surface area (Å²) >= 11 is 5.71. The van der Waals surface area contributed by atoms with Gasteiger partial charge in [0.25, 0.3) is 5.69 Å². The average Bonchev–Trinajstić information content (AvgIpc) is 2.47. The smallest absolute Gasteiger partial charge is 0.296 e. The summed E-state index contributed by atoms with van der Waals surface area (Å²) in [4.78, 5) is 16.9. The van der Waals surface area contributed by atoms with Crippen LogP contribution in [0.2, 0.25) is 5.15 Å². The molecular formula is C8H6ClN3O2. The fourth-order valence-electron chi connectivity index (χ4n) is 1.41. The number of aromatic amines is 1. The molecule has 14 heavy (non-hydrogen) atoms. The number of hydrogen-bond donors (Lipinski definition) is 1. The number of fused-ring (bicyclic) bond motifs is 1. The maximum absolute atomic E-state index is 10.6. The van der Waals surface area contributed by atoms with Crippen LogP contribution in [0.5, 0.6) is 0 Å². The van der Waals surface area contributed by atoms with Gasteiger partial charge in [0, 0.05) is 0 Å². The van der Waals surface area contributed by atoms with Gasteiger partial charge in [0.05, 0.1) is 16.5 Å². The van der Waals surface area contributed by atoms with E-state index in [0.29, 0.717) is 16.2 Å². The van der Waals surface area contributed by atoms with Gasteiger partial charge in [-0.15, -0.1) is 0 Å². The highest BCUT2D eigenvalue weighted by Gasteiger charge is 2.17. The van der Waals surface area contributed by atoms with Crippen LogP contribution >= 0.6 is 11.6 Å². The van der Waals surface area contributed by atoms with E-state index in [-0.39, 0.29) is 5.69 Å². The van der Waals surface area contributed by atoms with Crippen LogP contribution in [-0.4, -0.2) is 14.9 Å². The highest BCUT2D eigenvalue weighted by molar-refractivity contribution is 6.30. The topological polar surface area (TPSA) is 71.8 Å². The summed E-state index contributed by atoms with van der Waals surface area (Å²) in [5.74, 6) is 0. The van der Waals surface area contributed by atoms with Gasteiger partial charge in [0.1, 0.15) is 10.8 Å². The number of aryl methyl sites for hydroxylation is 1. The summed E-state index contributed by atoms with van der Waals surface area (Å²) in [5, 5.41) is 11.5. The van der Waals surface area contributed by atoms with Gasteiger partial charge in [-0.1, -0.05) is 11.6 Å². The maximum atomic E-state index is 10.6. The van der Waals surface area contributed by atoms with Crippen molar-refractivity contribution in [1.82, 2.24) is 9.97 Å². The second-order valence-electron chi connectivity index (χ2n) is 2.92. The van der Waals surface area contributed by atoms with Crippen LogP contribution in [0, 0.1) is 17.0 Å². The number of pyridine rings is 1. The van der Waals surface area contributed by atoms with Gasteiger partial charge in [-0.2, -0.15) is 0 Å². The average molecular weight is 212 g/mol. The Morgan fingerprint density at radius 3 is 3.00 bits per heavy atom. The first-order valence-corrected chi connectivity index (χ1v) is 4.26. The summed E-state index contributed by atoms with van der Waals surface area (Å²) in [6, 6.07) is 1.60. The molecule has 0 radical (unpaired) electrons. The molecule has 2 heterocycles. The second-order valence-corrected chi connectivity index (χ2v) is 3.30. The van der Waals surface area contributed by atoms with Crippen LogP contribution in [-0.2, 0) is 0 Å². The van der Waals surface area contributed by atoms with E-state index >= 15 is 0 Å². The maximum Gasteiger partial charge on any atom is 0.296 e. The van der Waals surface area contributed by atoms with Gasteiger partial charge >= 0.3 is 0 Å². The molecule has 2 aromatic rings. The van der Waals surface area contributed by atoms with Crippen molar-refractivity contribution >= 4 is 28.3 Å². The minimum atomic E-state index is -0.443. The van der Waals surface area contributed by atoms with E-state index in [1.54, 1.807) is 13.0 Å². The number of aromatic nitrogens is 2. The van der Waals surface area contributed by atoms with Crippen LogP contribution in [0.3, 0.4) is 0 Å². The monoisotopic (exact) mass is 211 g/mol. The molecule has 2 aromatic heterocycles. The van der Waals surface area contributed by atoms with Crippen LogP contribution < -0.4 is 0 Å². The van der Waals surface area contributed by atoms with Crippen LogP contribution in [0.4, 0.5) is 5.69 Å². The number of nitrogens with zero attached hydrogens (tertiary/aromatic N) is 2. The van der Waals surface area contributed by atoms with E-state index in [9.17, 15) is 10.1 Å². The third-order valence-electron chi connectivity index (χ3n) is 1.98. The molecule has 0 aliphatic rings. The Labute approximate surface area is 83.9 Å². The second kappa shape index (κ2) is 2.95. The molecule has 0 aliphatic carbocycles. The predicted molar refractivity (Wildman–Crippen MR) is 52.5 cm³/mol. The van der Waals surface area contributed by atoms with Crippen molar-refractivity contribution in [3.05, 3.63) is 33.1 Å². The fourth-order valence-corrected chi connectivity index (χ4v) is 1.66.